The van der Waals surface area contributed by atoms with E-state index in [9.17, 15) is 13.2 Å². The fourth-order valence-corrected chi connectivity index (χ4v) is 3.39. The van der Waals surface area contributed by atoms with Crippen LogP contribution in [-0.2, 0) is 19.6 Å². The van der Waals surface area contributed by atoms with Crippen LogP contribution >= 0.6 is 11.6 Å². The molecule has 6 nitrogen and oxygen atoms in total. The number of nitrogens with zero attached hydrogens (tertiary/aromatic N) is 1. The highest BCUT2D eigenvalue weighted by atomic mass is 35.5. The molecule has 1 saturated heterocycles. The van der Waals surface area contributed by atoms with Crippen molar-refractivity contribution in [2.45, 2.75) is 25.9 Å². The van der Waals surface area contributed by atoms with E-state index >= 15 is 0 Å². The molecule has 1 atom stereocenters. The summed E-state index contributed by atoms with van der Waals surface area (Å²) in [5.41, 5.74) is 1.32. The molecular weight excluding hydrogens is 340 g/mol. The lowest BCUT2D eigenvalue weighted by molar-refractivity contribution is -0.116. The number of carbonyl (C=O) groups excluding carboxylic acids is 1. The Balaban J connectivity index is 2.03. The molecule has 2 rings (SSSR count). The number of benzene rings is 1. The van der Waals surface area contributed by atoms with Gasteiger partial charge in [-0.05, 0) is 37.5 Å². The molecule has 1 heterocycles. The summed E-state index contributed by atoms with van der Waals surface area (Å²) in [7, 11) is -3.49. The van der Waals surface area contributed by atoms with Crippen LogP contribution in [0.2, 0.25) is 5.02 Å². The van der Waals surface area contributed by atoms with Gasteiger partial charge in [-0.2, -0.15) is 4.31 Å². The summed E-state index contributed by atoms with van der Waals surface area (Å²) in [6, 6.07) is 5.18. The zero-order chi connectivity index (χ0) is 17.0. The van der Waals surface area contributed by atoms with E-state index in [2.05, 4.69) is 5.32 Å². The number of hydrogen-bond donors (Lipinski definition) is 1. The number of carbonyl (C=O) groups is 1. The van der Waals surface area contributed by atoms with E-state index in [1.165, 1.54) is 0 Å². The van der Waals surface area contributed by atoms with Crippen molar-refractivity contribution in [3.63, 3.8) is 0 Å². The minimum absolute atomic E-state index is 0.148. The molecule has 0 radical (unpaired) electrons. The third-order valence-electron chi connectivity index (χ3n) is 3.76. The van der Waals surface area contributed by atoms with Crippen molar-refractivity contribution in [1.29, 1.82) is 0 Å². The molecule has 0 spiro atoms. The molecule has 0 saturated carbocycles. The van der Waals surface area contributed by atoms with Crippen LogP contribution in [0, 0.1) is 6.92 Å². The Morgan fingerprint density at radius 3 is 2.83 bits per heavy atom. The van der Waals surface area contributed by atoms with Gasteiger partial charge in [0.2, 0.25) is 15.9 Å². The van der Waals surface area contributed by atoms with Crippen molar-refractivity contribution in [1.82, 2.24) is 4.31 Å². The third-order valence-corrected chi connectivity index (χ3v) is 5.39. The zero-order valence-electron chi connectivity index (χ0n) is 13.2. The van der Waals surface area contributed by atoms with Gasteiger partial charge >= 0.3 is 0 Å². The van der Waals surface area contributed by atoms with Crippen molar-refractivity contribution >= 4 is 33.2 Å². The Morgan fingerprint density at radius 2 is 2.22 bits per heavy atom. The van der Waals surface area contributed by atoms with Crippen LogP contribution in [0.1, 0.15) is 18.4 Å². The monoisotopic (exact) mass is 360 g/mol. The number of amides is 1. The predicted molar refractivity (Wildman–Crippen MR) is 90.2 cm³/mol. The highest BCUT2D eigenvalue weighted by molar-refractivity contribution is 7.88. The van der Waals surface area contributed by atoms with Gasteiger partial charge in [0.1, 0.15) is 0 Å². The zero-order valence-corrected chi connectivity index (χ0v) is 14.8. The fraction of sp³-hybridized carbons (Fsp3) is 0.533. The first kappa shape index (κ1) is 18.2. The first-order chi connectivity index (χ1) is 10.8. The van der Waals surface area contributed by atoms with E-state index in [1.807, 2.05) is 0 Å². The highest BCUT2D eigenvalue weighted by Gasteiger charge is 2.26. The Kier molecular flexibility index (Phi) is 6.02. The van der Waals surface area contributed by atoms with Crippen molar-refractivity contribution in [3.8, 4) is 0 Å². The molecule has 1 N–H and O–H groups in total. The summed E-state index contributed by atoms with van der Waals surface area (Å²) in [5.74, 6) is -0.404. The average Bonchev–Trinajstić information content (AvgIpc) is 2.95. The molecule has 1 aromatic carbocycles. The number of halogens is 1. The SMILES string of the molecule is Cc1c(Cl)cccc1NC(=O)CN(CC1CCCO1)S(C)(=O)=O. The Morgan fingerprint density at radius 1 is 1.48 bits per heavy atom. The lowest BCUT2D eigenvalue weighted by Crippen LogP contribution is -2.41. The molecule has 1 aromatic rings. The first-order valence-corrected chi connectivity index (χ1v) is 9.61. The van der Waals surface area contributed by atoms with Gasteiger partial charge < -0.3 is 10.1 Å². The molecule has 1 aliphatic rings. The maximum Gasteiger partial charge on any atom is 0.239 e. The molecule has 1 fully saturated rings. The molecule has 23 heavy (non-hydrogen) atoms. The van der Waals surface area contributed by atoms with Gasteiger partial charge in [-0.25, -0.2) is 8.42 Å². The summed E-state index contributed by atoms with van der Waals surface area (Å²) in [4.78, 5) is 12.2. The number of hydrogen-bond acceptors (Lipinski definition) is 4. The van der Waals surface area contributed by atoms with Gasteiger partial charge in [0, 0.05) is 23.9 Å². The largest absolute Gasteiger partial charge is 0.377 e. The molecule has 0 aliphatic carbocycles. The molecule has 0 aromatic heterocycles. The summed E-state index contributed by atoms with van der Waals surface area (Å²) in [6.07, 6.45) is 2.67. The summed E-state index contributed by atoms with van der Waals surface area (Å²) >= 11 is 6.01. The molecule has 1 unspecified atom stereocenters. The van der Waals surface area contributed by atoms with Crippen molar-refractivity contribution in [2.75, 3.05) is 31.3 Å². The Labute approximate surface area is 141 Å². The van der Waals surface area contributed by atoms with Crippen LogP contribution in [0.4, 0.5) is 5.69 Å². The van der Waals surface area contributed by atoms with E-state index < -0.39 is 15.9 Å². The maximum atomic E-state index is 12.2. The normalized spacial score (nSPS) is 18.3. The number of nitrogens with one attached hydrogen (secondary N) is 1. The van der Waals surface area contributed by atoms with Gasteiger partial charge in [-0.3, -0.25) is 4.79 Å². The van der Waals surface area contributed by atoms with Crippen LogP contribution in [0.15, 0.2) is 18.2 Å². The summed E-state index contributed by atoms with van der Waals surface area (Å²) < 4.78 is 30.4. The molecule has 1 aliphatic heterocycles. The second-order valence-electron chi connectivity index (χ2n) is 5.65. The summed E-state index contributed by atoms with van der Waals surface area (Å²) in [5, 5.41) is 3.25. The smallest absolute Gasteiger partial charge is 0.239 e. The van der Waals surface area contributed by atoms with E-state index in [-0.39, 0.29) is 19.2 Å². The molecule has 0 bridgehead atoms. The van der Waals surface area contributed by atoms with Gasteiger partial charge in [0.15, 0.2) is 0 Å². The number of sulfonamides is 1. The first-order valence-electron chi connectivity index (χ1n) is 7.39. The topological polar surface area (TPSA) is 75.7 Å². The Hall–Kier alpha value is -1.15. The van der Waals surface area contributed by atoms with E-state index in [0.717, 1.165) is 29.0 Å². The molecule has 1 amide bonds. The lowest BCUT2D eigenvalue weighted by Gasteiger charge is -2.22. The fourth-order valence-electron chi connectivity index (χ4n) is 2.43. The van der Waals surface area contributed by atoms with Gasteiger partial charge in [-0.15, -0.1) is 0 Å². The van der Waals surface area contributed by atoms with Gasteiger partial charge in [-0.1, -0.05) is 17.7 Å². The van der Waals surface area contributed by atoms with Crippen LogP contribution < -0.4 is 5.32 Å². The minimum atomic E-state index is -3.49. The molecule has 128 valence electrons. The second-order valence-corrected chi connectivity index (χ2v) is 8.04. The standard InChI is InChI=1S/C15H21ClN2O4S/c1-11-13(16)6-3-7-14(11)17-15(19)10-18(23(2,20)21)9-12-5-4-8-22-12/h3,6-7,12H,4-5,8-10H2,1-2H3,(H,17,19). The quantitative estimate of drug-likeness (QED) is 0.842. The maximum absolute atomic E-state index is 12.2. The highest BCUT2D eigenvalue weighted by Crippen LogP contribution is 2.23. The second kappa shape index (κ2) is 7.61. The van der Waals surface area contributed by atoms with E-state index in [4.69, 9.17) is 16.3 Å². The van der Waals surface area contributed by atoms with Crippen LogP contribution in [0.3, 0.4) is 0 Å². The van der Waals surface area contributed by atoms with Crippen LogP contribution in [0.25, 0.3) is 0 Å². The number of anilines is 1. The third kappa shape index (κ3) is 5.17. The molecular formula is C15H21ClN2O4S. The number of ether oxygens (including phenoxy) is 1. The Bertz CT molecular complexity index is 672. The van der Waals surface area contributed by atoms with Gasteiger partial charge in [0.05, 0.1) is 18.9 Å². The van der Waals surface area contributed by atoms with E-state index in [1.54, 1.807) is 25.1 Å². The minimum Gasteiger partial charge on any atom is -0.377 e. The van der Waals surface area contributed by atoms with Crippen molar-refractivity contribution < 1.29 is 17.9 Å². The molecule has 8 heteroatoms. The van der Waals surface area contributed by atoms with Crippen LogP contribution in [0.5, 0.6) is 0 Å². The van der Waals surface area contributed by atoms with Crippen molar-refractivity contribution in [2.24, 2.45) is 0 Å². The summed E-state index contributed by atoms with van der Waals surface area (Å²) in [6.45, 7) is 2.38. The average molecular weight is 361 g/mol. The lowest BCUT2D eigenvalue weighted by atomic mass is 10.2. The predicted octanol–water partition coefficient (Wildman–Crippen LogP) is 2.03. The van der Waals surface area contributed by atoms with E-state index in [0.29, 0.717) is 17.3 Å². The van der Waals surface area contributed by atoms with Crippen LogP contribution in [-0.4, -0.2) is 50.7 Å². The van der Waals surface area contributed by atoms with Gasteiger partial charge in [0.25, 0.3) is 0 Å². The number of rotatable bonds is 6. The van der Waals surface area contributed by atoms with Crippen molar-refractivity contribution in [3.05, 3.63) is 28.8 Å².